The van der Waals surface area contributed by atoms with Crippen LogP contribution < -0.4 is 0 Å². The van der Waals surface area contributed by atoms with Crippen LogP contribution in [0, 0.1) is 6.92 Å². The van der Waals surface area contributed by atoms with E-state index in [4.69, 9.17) is 11.6 Å². The predicted octanol–water partition coefficient (Wildman–Crippen LogP) is 1.66. The minimum absolute atomic E-state index is 0.773. The molecule has 4 nitrogen and oxygen atoms in total. The van der Waals surface area contributed by atoms with Gasteiger partial charge >= 0.3 is 0 Å². The summed E-state index contributed by atoms with van der Waals surface area (Å²) in [4.78, 5) is 5.16. The predicted molar refractivity (Wildman–Crippen MR) is 72.8 cm³/mol. The quantitative estimate of drug-likeness (QED) is 0.815. The Balaban J connectivity index is 1.69. The van der Waals surface area contributed by atoms with E-state index >= 15 is 0 Å². The Kier molecular flexibility index (Phi) is 3.34. The van der Waals surface area contributed by atoms with Crippen LogP contribution >= 0.6 is 11.6 Å². The number of rotatable bonds is 2. The van der Waals surface area contributed by atoms with Crippen LogP contribution in [0.5, 0.6) is 0 Å². The molecule has 2 aliphatic rings. The average Bonchev–Trinajstić information content (AvgIpc) is 2.89. The second-order valence-electron chi connectivity index (χ2n) is 5.55. The molecule has 5 heteroatoms. The summed E-state index contributed by atoms with van der Waals surface area (Å²) in [6.07, 6.45) is 2.72. The molecule has 2 aliphatic heterocycles. The van der Waals surface area contributed by atoms with E-state index in [9.17, 15) is 0 Å². The smallest absolute Gasteiger partial charge is 0.131 e. The van der Waals surface area contributed by atoms with Crippen molar-refractivity contribution in [3.63, 3.8) is 0 Å². The van der Waals surface area contributed by atoms with Gasteiger partial charge in [-0.2, -0.15) is 5.10 Å². The van der Waals surface area contributed by atoms with Gasteiger partial charge in [0.1, 0.15) is 5.15 Å². The summed E-state index contributed by atoms with van der Waals surface area (Å²) in [6.45, 7) is 7.84. The van der Waals surface area contributed by atoms with Crippen LogP contribution in [-0.2, 0) is 13.6 Å². The van der Waals surface area contributed by atoms with E-state index in [1.165, 1.54) is 38.0 Å². The maximum absolute atomic E-state index is 6.31. The summed E-state index contributed by atoms with van der Waals surface area (Å²) in [6, 6.07) is 0.773. The molecule has 2 fully saturated rings. The number of halogens is 1. The Labute approximate surface area is 113 Å². The number of hydrogen-bond donors (Lipinski definition) is 0. The summed E-state index contributed by atoms with van der Waals surface area (Å²) < 4.78 is 1.78. The Morgan fingerprint density at radius 1 is 1.33 bits per heavy atom. The van der Waals surface area contributed by atoms with E-state index in [1.807, 2.05) is 14.0 Å². The number of piperazine rings is 1. The van der Waals surface area contributed by atoms with Crippen LogP contribution in [0.1, 0.15) is 24.1 Å². The molecule has 0 bridgehead atoms. The van der Waals surface area contributed by atoms with E-state index in [2.05, 4.69) is 14.9 Å². The van der Waals surface area contributed by atoms with Crippen molar-refractivity contribution in [3.8, 4) is 0 Å². The molecule has 1 atom stereocenters. The molecule has 18 heavy (non-hydrogen) atoms. The van der Waals surface area contributed by atoms with Gasteiger partial charge in [0.2, 0.25) is 0 Å². The van der Waals surface area contributed by atoms with Gasteiger partial charge in [-0.05, 0) is 26.3 Å². The molecule has 1 unspecified atom stereocenters. The molecule has 0 N–H and O–H groups in total. The van der Waals surface area contributed by atoms with Crippen molar-refractivity contribution in [2.45, 2.75) is 32.4 Å². The van der Waals surface area contributed by atoms with Gasteiger partial charge in [-0.1, -0.05) is 11.6 Å². The van der Waals surface area contributed by atoms with Crippen molar-refractivity contribution in [2.24, 2.45) is 7.05 Å². The molecule has 0 amide bonds. The Bertz CT molecular complexity index is 442. The van der Waals surface area contributed by atoms with Gasteiger partial charge in [0, 0.05) is 44.8 Å². The topological polar surface area (TPSA) is 24.3 Å². The van der Waals surface area contributed by atoms with Crippen molar-refractivity contribution in [2.75, 3.05) is 26.2 Å². The zero-order chi connectivity index (χ0) is 12.7. The SMILES string of the molecule is Cc1nn(C)c(Cl)c1CN1CCN2CCCC2C1. The number of aromatic nitrogens is 2. The van der Waals surface area contributed by atoms with Crippen LogP contribution in [0.3, 0.4) is 0 Å². The highest BCUT2D eigenvalue weighted by Crippen LogP contribution is 2.25. The summed E-state index contributed by atoms with van der Waals surface area (Å²) in [7, 11) is 1.91. The van der Waals surface area contributed by atoms with Gasteiger partial charge < -0.3 is 0 Å². The third-order valence-electron chi connectivity index (χ3n) is 4.32. The minimum atomic E-state index is 0.773. The van der Waals surface area contributed by atoms with Gasteiger partial charge in [0.05, 0.1) is 5.69 Å². The second-order valence-corrected chi connectivity index (χ2v) is 5.90. The number of hydrogen-bond acceptors (Lipinski definition) is 3. The van der Waals surface area contributed by atoms with Crippen molar-refractivity contribution in [1.29, 1.82) is 0 Å². The Morgan fingerprint density at radius 2 is 2.17 bits per heavy atom. The molecule has 0 aromatic carbocycles. The first kappa shape index (κ1) is 12.5. The van der Waals surface area contributed by atoms with Gasteiger partial charge in [-0.15, -0.1) is 0 Å². The Morgan fingerprint density at radius 3 is 2.89 bits per heavy atom. The summed E-state index contributed by atoms with van der Waals surface area (Å²) in [5.41, 5.74) is 2.27. The molecule has 3 heterocycles. The van der Waals surface area contributed by atoms with Crippen molar-refractivity contribution in [1.82, 2.24) is 19.6 Å². The molecule has 0 spiro atoms. The lowest BCUT2D eigenvalue weighted by Gasteiger charge is -2.37. The molecular weight excluding hydrogens is 248 g/mol. The lowest BCUT2D eigenvalue weighted by atomic mass is 10.1. The summed E-state index contributed by atoms with van der Waals surface area (Å²) in [5.74, 6) is 0. The van der Waals surface area contributed by atoms with E-state index in [-0.39, 0.29) is 0 Å². The normalized spacial score (nSPS) is 25.6. The monoisotopic (exact) mass is 268 g/mol. The second kappa shape index (κ2) is 4.83. The van der Waals surface area contributed by atoms with Crippen LogP contribution in [0.2, 0.25) is 5.15 Å². The van der Waals surface area contributed by atoms with E-state index in [1.54, 1.807) is 4.68 Å². The fourth-order valence-electron chi connectivity index (χ4n) is 3.28. The summed E-state index contributed by atoms with van der Waals surface area (Å²) >= 11 is 6.31. The zero-order valence-electron chi connectivity index (χ0n) is 11.2. The van der Waals surface area contributed by atoms with Gasteiger partial charge in [-0.3, -0.25) is 14.5 Å². The first-order valence-electron chi connectivity index (χ1n) is 6.79. The van der Waals surface area contributed by atoms with Crippen molar-refractivity contribution < 1.29 is 0 Å². The van der Waals surface area contributed by atoms with E-state index in [0.29, 0.717) is 0 Å². The maximum Gasteiger partial charge on any atom is 0.131 e. The number of aryl methyl sites for hydroxylation is 2. The van der Waals surface area contributed by atoms with Gasteiger partial charge in [-0.25, -0.2) is 0 Å². The molecule has 2 saturated heterocycles. The molecule has 3 rings (SSSR count). The van der Waals surface area contributed by atoms with Gasteiger partial charge in [0.25, 0.3) is 0 Å². The third-order valence-corrected chi connectivity index (χ3v) is 4.80. The molecule has 1 aromatic rings. The highest BCUT2D eigenvalue weighted by atomic mass is 35.5. The lowest BCUT2D eigenvalue weighted by molar-refractivity contribution is 0.0992. The fourth-order valence-corrected chi connectivity index (χ4v) is 3.51. The first-order valence-corrected chi connectivity index (χ1v) is 7.17. The largest absolute Gasteiger partial charge is 0.298 e. The minimum Gasteiger partial charge on any atom is -0.298 e. The number of nitrogens with zero attached hydrogens (tertiary/aromatic N) is 4. The summed E-state index contributed by atoms with van der Waals surface area (Å²) in [5, 5.41) is 5.18. The lowest BCUT2D eigenvalue weighted by Crippen LogP contribution is -2.49. The average molecular weight is 269 g/mol. The van der Waals surface area contributed by atoms with Crippen LogP contribution in [0.4, 0.5) is 0 Å². The van der Waals surface area contributed by atoms with Crippen LogP contribution in [-0.4, -0.2) is 51.8 Å². The van der Waals surface area contributed by atoms with Crippen molar-refractivity contribution >= 4 is 11.6 Å². The molecular formula is C13H21ClN4. The first-order chi connectivity index (χ1) is 8.65. The zero-order valence-corrected chi connectivity index (χ0v) is 11.9. The van der Waals surface area contributed by atoms with E-state index < -0.39 is 0 Å². The highest BCUT2D eigenvalue weighted by Gasteiger charge is 2.31. The standard InChI is InChI=1S/C13H21ClN4/c1-10-12(13(14)16(2)15-10)9-17-6-7-18-5-3-4-11(18)8-17/h11H,3-9H2,1-2H3. The van der Waals surface area contributed by atoms with Crippen LogP contribution in [0.15, 0.2) is 0 Å². The third kappa shape index (κ3) is 2.17. The highest BCUT2D eigenvalue weighted by molar-refractivity contribution is 6.30. The molecule has 1 aromatic heterocycles. The van der Waals surface area contributed by atoms with Gasteiger partial charge in [0.15, 0.2) is 0 Å². The Hall–Kier alpha value is -0.580. The molecule has 100 valence electrons. The molecule has 0 radical (unpaired) electrons. The molecule has 0 aliphatic carbocycles. The van der Waals surface area contributed by atoms with E-state index in [0.717, 1.165) is 30.0 Å². The number of fused-ring (bicyclic) bond motifs is 1. The van der Waals surface area contributed by atoms with Crippen LogP contribution in [0.25, 0.3) is 0 Å². The van der Waals surface area contributed by atoms with Crippen molar-refractivity contribution in [3.05, 3.63) is 16.4 Å². The fraction of sp³-hybridized carbons (Fsp3) is 0.769. The maximum atomic E-state index is 6.31. The molecule has 0 saturated carbocycles.